The number of hydrogen-bond acceptors (Lipinski definition) is 0. The smallest absolute Gasteiger partial charge is 0.0169 e. The maximum absolute atomic E-state index is 3.84. The van der Waals surface area contributed by atoms with Gasteiger partial charge in [-0.1, -0.05) is 63.3 Å². The molecule has 0 heterocycles. The molecule has 0 aromatic heterocycles. The van der Waals surface area contributed by atoms with Crippen LogP contribution in [0.5, 0.6) is 0 Å². The first-order chi connectivity index (χ1) is 6.91. The van der Waals surface area contributed by atoms with Crippen LogP contribution in [0.25, 0.3) is 0 Å². The topological polar surface area (TPSA) is 0 Å². The van der Waals surface area contributed by atoms with E-state index >= 15 is 0 Å². The Morgan fingerprint density at radius 1 is 0.857 bits per heavy atom. The summed E-state index contributed by atoms with van der Waals surface area (Å²) in [4.78, 5) is 0. The molecule has 0 amide bonds. The third kappa shape index (κ3) is 11.5. The van der Waals surface area contributed by atoms with Crippen molar-refractivity contribution in [1.82, 2.24) is 0 Å². The first-order valence-corrected chi connectivity index (χ1v) is 5.97. The second-order valence-electron chi connectivity index (χ2n) is 3.69. The molecular formula is C14H25. The minimum absolute atomic E-state index is 1.10. The normalized spacial score (nSPS) is 11.9. The monoisotopic (exact) mass is 193 g/mol. The van der Waals surface area contributed by atoms with Crippen molar-refractivity contribution in [2.75, 3.05) is 0 Å². The highest BCUT2D eigenvalue weighted by molar-refractivity contribution is 4.91. The molecule has 0 fully saturated rings. The summed E-state index contributed by atoms with van der Waals surface area (Å²) < 4.78 is 0. The molecule has 81 valence electrons. The quantitative estimate of drug-likeness (QED) is 0.354. The summed E-state index contributed by atoms with van der Waals surface area (Å²) in [5, 5.41) is 0. The van der Waals surface area contributed by atoms with Crippen molar-refractivity contribution < 1.29 is 0 Å². The minimum Gasteiger partial charge on any atom is -0.0914 e. The maximum Gasteiger partial charge on any atom is -0.0169 e. The fourth-order valence-corrected chi connectivity index (χ4v) is 1.40. The summed E-state index contributed by atoms with van der Waals surface area (Å²) >= 11 is 0. The van der Waals surface area contributed by atoms with Crippen LogP contribution >= 0.6 is 0 Å². The highest BCUT2D eigenvalue weighted by atomic mass is 13.9. The van der Waals surface area contributed by atoms with Gasteiger partial charge in [0.15, 0.2) is 0 Å². The number of unbranched alkanes of at least 4 members (excludes halogenated alkanes) is 6. The third-order valence-corrected chi connectivity index (χ3v) is 2.30. The van der Waals surface area contributed by atoms with Gasteiger partial charge in [-0.3, -0.25) is 0 Å². The molecule has 1 radical (unpaired) electrons. The van der Waals surface area contributed by atoms with Gasteiger partial charge in [0.05, 0.1) is 0 Å². The second-order valence-corrected chi connectivity index (χ2v) is 3.69. The van der Waals surface area contributed by atoms with Crippen LogP contribution in [0.15, 0.2) is 24.3 Å². The fraction of sp³-hybridized carbons (Fsp3) is 0.643. The lowest BCUT2D eigenvalue weighted by molar-refractivity contribution is 0.621. The molecule has 0 spiro atoms. The fourth-order valence-electron chi connectivity index (χ4n) is 1.40. The van der Waals surface area contributed by atoms with Gasteiger partial charge in [0.2, 0.25) is 0 Å². The van der Waals surface area contributed by atoms with Gasteiger partial charge in [-0.05, 0) is 26.2 Å². The van der Waals surface area contributed by atoms with Crippen LogP contribution in [0, 0.1) is 6.92 Å². The molecule has 0 saturated carbocycles. The molecule has 0 aromatic rings. The van der Waals surface area contributed by atoms with Gasteiger partial charge in [-0.2, -0.15) is 0 Å². The highest BCUT2D eigenvalue weighted by Crippen LogP contribution is 2.07. The van der Waals surface area contributed by atoms with Crippen molar-refractivity contribution in [3.8, 4) is 0 Å². The van der Waals surface area contributed by atoms with Gasteiger partial charge in [0.25, 0.3) is 0 Å². The van der Waals surface area contributed by atoms with Crippen molar-refractivity contribution in [2.45, 2.75) is 58.3 Å². The van der Waals surface area contributed by atoms with Crippen LogP contribution in [-0.2, 0) is 0 Å². The van der Waals surface area contributed by atoms with Gasteiger partial charge >= 0.3 is 0 Å². The Bertz CT molecular complexity index is 142. The zero-order valence-electron chi connectivity index (χ0n) is 9.67. The molecule has 0 aromatic carbocycles. The van der Waals surface area contributed by atoms with Crippen LogP contribution < -0.4 is 0 Å². The Morgan fingerprint density at radius 2 is 1.57 bits per heavy atom. The van der Waals surface area contributed by atoms with Gasteiger partial charge in [-0.25, -0.2) is 0 Å². The van der Waals surface area contributed by atoms with E-state index in [1.54, 1.807) is 0 Å². The van der Waals surface area contributed by atoms with E-state index in [1.165, 1.54) is 38.5 Å². The number of allylic oxidation sites excluding steroid dienone is 4. The van der Waals surface area contributed by atoms with E-state index in [1.807, 2.05) is 0 Å². The standard InChI is InChI=1S/C14H25/c1-3-5-7-9-11-13-14-12-10-8-6-4-2/h4,6,10,12H,1,3,5,7-9,11,13-14H2,2H3/b6-4-,12-10+. The van der Waals surface area contributed by atoms with Crippen molar-refractivity contribution in [2.24, 2.45) is 0 Å². The van der Waals surface area contributed by atoms with Crippen LogP contribution in [0.1, 0.15) is 58.3 Å². The molecule has 0 N–H and O–H groups in total. The zero-order chi connectivity index (χ0) is 10.5. The van der Waals surface area contributed by atoms with Crippen LogP contribution in [0.3, 0.4) is 0 Å². The lowest BCUT2D eigenvalue weighted by atomic mass is 10.1. The lowest BCUT2D eigenvalue weighted by Crippen LogP contribution is -1.77. The van der Waals surface area contributed by atoms with Crippen LogP contribution in [0.2, 0.25) is 0 Å². The molecule has 0 bridgehead atoms. The molecule has 0 aliphatic carbocycles. The van der Waals surface area contributed by atoms with Gasteiger partial charge in [0, 0.05) is 0 Å². The Labute approximate surface area is 90.1 Å². The lowest BCUT2D eigenvalue weighted by Gasteiger charge is -1.97. The second kappa shape index (κ2) is 12.5. The van der Waals surface area contributed by atoms with E-state index in [-0.39, 0.29) is 0 Å². The van der Waals surface area contributed by atoms with Crippen molar-refractivity contribution >= 4 is 0 Å². The maximum atomic E-state index is 3.84. The SMILES string of the molecule is [CH2]CCCCCCC/C=C/C/C=C\C. The molecule has 0 atom stereocenters. The summed E-state index contributed by atoms with van der Waals surface area (Å²) in [6.07, 6.45) is 19.1. The zero-order valence-corrected chi connectivity index (χ0v) is 9.67. The van der Waals surface area contributed by atoms with E-state index in [4.69, 9.17) is 0 Å². The average molecular weight is 193 g/mol. The van der Waals surface area contributed by atoms with Crippen LogP contribution in [-0.4, -0.2) is 0 Å². The first-order valence-electron chi connectivity index (χ1n) is 5.97. The summed E-state index contributed by atoms with van der Waals surface area (Å²) in [7, 11) is 0. The molecule has 0 aliphatic rings. The number of hydrogen-bond donors (Lipinski definition) is 0. The van der Waals surface area contributed by atoms with Crippen molar-refractivity contribution in [3.05, 3.63) is 31.2 Å². The van der Waals surface area contributed by atoms with E-state index < -0.39 is 0 Å². The molecule has 0 heteroatoms. The van der Waals surface area contributed by atoms with E-state index in [0.717, 1.165) is 12.8 Å². The summed E-state index contributed by atoms with van der Waals surface area (Å²) in [5.41, 5.74) is 0. The Hall–Kier alpha value is -0.520. The largest absolute Gasteiger partial charge is 0.0914 e. The average Bonchev–Trinajstić information content (AvgIpc) is 2.21. The van der Waals surface area contributed by atoms with E-state index in [0.29, 0.717) is 0 Å². The molecule has 0 nitrogen and oxygen atoms in total. The minimum atomic E-state index is 1.10. The third-order valence-electron chi connectivity index (χ3n) is 2.30. The number of rotatable bonds is 9. The van der Waals surface area contributed by atoms with Gasteiger partial charge in [0.1, 0.15) is 0 Å². The van der Waals surface area contributed by atoms with E-state index in [2.05, 4.69) is 38.2 Å². The molecule has 0 unspecified atom stereocenters. The Morgan fingerprint density at radius 3 is 2.29 bits per heavy atom. The molecule has 0 aliphatic heterocycles. The van der Waals surface area contributed by atoms with Gasteiger partial charge in [-0.15, -0.1) is 0 Å². The summed E-state index contributed by atoms with van der Waals surface area (Å²) in [5.74, 6) is 0. The first kappa shape index (κ1) is 13.5. The summed E-state index contributed by atoms with van der Waals surface area (Å²) in [6.45, 7) is 5.91. The molecule has 0 rings (SSSR count). The molecule has 14 heavy (non-hydrogen) atoms. The Kier molecular flexibility index (Phi) is 12.0. The summed E-state index contributed by atoms with van der Waals surface area (Å²) in [6, 6.07) is 0. The van der Waals surface area contributed by atoms with Crippen molar-refractivity contribution in [3.63, 3.8) is 0 Å². The predicted octanol–water partition coefficient (Wildman–Crippen LogP) is 5.07. The molecule has 0 saturated heterocycles. The van der Waals surface area contributed by atoms with Crippen molar-refractivity contribution in [1.29, 1.82) is 0 Å². The molecular weight excluding hydrogens is 168 g/mol. The predicted molar refractivity (Wildman–Crippen MR) is 66.2 cm³/mol. The van der Waals surface area contributed by atoms with Gasteiger partial charge < -0.3 is 0 Å². The van der Waals surface area contributed by atoms with Crippen LogP contribution in [0.4, 0.5) is 0 Å². The highest BCUT2D eigenvalue weighted by Gasteiger charge is 1.87. The van der Waals surface area contributed by atoms with E-state index in [9.17, 15) is 0 Å². The Balaban J connectivity index is 3.01.